The summed E-state index contributed by atoms with van der Waals surface area (Å²) in [5.74, 6) is -1.39. The fraction of sp³-hybridized carbons (Fsp3) is 0.591. The number of ether oxygens (including phenoxy) is 2. The van der Waals surface area contributed by atoms with Gasteiger partial charge >= 0.3 is 11.9 Å². The summed E-state index contributed by atoms with van der Waals surface area (Å²) in [7, 11) is 0. The van der Waals surface area contributed by atoms with E-state index in [0.717, 1.165) is 17.6 Å². The van der Waals surface area contributed by atoms with Crippen LogP contribution in [0.3, 0.4) is 0 Å². The van der Waals surface area contributed by atoms with E-state index in [9.17, 15) is 14.4 Å². The maximum atomic E-state index is 13.4. The minimum atomic E-state index is -0.696. The zero-order chi connectivity index (χ0) is 20.8. The van der Waals surface area contributed by atoms with E-state index in [2.05, 4.69) is 6.92 Å². The fourth-order valence-electron chi connectivity index (χ4n) is 4.79. The van der Waals surface area contributed by atoms with Crippen molar-refractivity contribution < 1.29 is 28.3 Å². The van der Waals surface area contributed by atoms with Crippen LogP contribution < -0.4 is 0 Å². The number of furan rings is 1. The average Bonchev–Trinajstić information content (AvgIpc) is 2.96. The molecule has 0 aromatic carbocycles. The highest BCUT2D eigenvalue weighted by Crippen LogP contribution is 2.59. The molecule has 5 unspecified atom stereocenters. The standard InChI is InChI=1S/C22H28O6/c1-11(2)9-16(24)28-15-8-7-13(4)22(6)18(15)19(25)20-17(12(3)10-26-20)21(22)27-14(5)23/h9-10,13,15,18,21H,7-8H2,1-6H3. The first-order chi connectivity index (χ1) is 13.1. The lowest BCUT2D eigenvalue weighted by molar-refractivity contribution is -0.178. The highest BCUT2D eigenvalue weighted by Gasteiger charge is 2.62. The van der Waals surface area contributed by atoms with Crippen molar-refractivity contribution in [1.29, 1.82) is 0 Å². The van der Waals surface area contributed by atoms with Crippen LogP contribution in [0.5, 0.6) is 0 Å². The molecule has 1 saturated carbocycles. The molecule has 0 radical (unpaired) electrons. The van der Waals surface area contributed by atoms with Crippen LogP contribution in [-0.2, 0) is 19.1 Å². The summed E-state index contributed by atoms with van der Waals surface area (Å²) in [6, 6.07) is 0. The molecule has 1 heterocycles. The van der Waals surface area contributed by atoms with Crippen molar-refractivity contribution >= 4 is 17.7 Å². The van der Waals surface area contributed by atoms with Gasteiger partial charge in [-0.3, -0.25) is 9.59 Å². The van der Waals surface area contributed by atoms with Gasteiger partial charge in [0.15, 0.2) is 5.76 Å². The Bertz CT molecular complexity index is 843. The van der Waals surface area contributed by atoms with Gasteiger partial charge in [-0.05, 0) is 45.1 Å². The normalized spacial score (nSPS) is 31.4. The van der Waals surface area contributed by atoms with Crippen LogP contribution >= 0.6 is 0 Å². The van der Waals surface area contributed by atoms with E-state index in [1.165, 1.54) is 19.3 Å². The largest absolute Gasteiger partial charge is 0.460 e. The van der Waals surface area contributed by atoms with E-state index in [-0.39, 0.29) is 17.5 Å². The molecule has 6 heteroatoms. The molecule has 1 aromatic heterocycles. The molecule has 28 heavy (non-hydrogen) atoms. The van der Waals surface area contributed by atoms with Crippen LogP contribution in [0.4, 0.5) is 0 Å². The van der Waals surface area contributed by atoms with Gasteiger partial charge in [-0.25, -0.2) is 4.79 Å². The number of aryl methyl sites for hydroxylation is 1. The Kier molecular flexibility index (Phi) is 5.26. The maximum Gasteiger partial charge on any atom is 0.330 e. The van der Waals surface area contributed by atoms with Crippen molar-refractivity contribution in [2.24, 2.45) is 17.3 Å². The molecule has 3 rings (SSSR count). The monoisotopic (exact) mass is 388 g/mol. The second-order valence-corrected chi connectivity index (χ2v) is 8.53. The minimum absolute atomic E-state index is 0.0895. The molecule has 6 nitrogen and oxygen atoms in total. The predicted octanol–water partition coefficient (Wildman–Crippen LogP) is 4.32. The number of Topliss-reactive ketones (excluding diaryl/α,β-unsaturated/α-hetero) is 1. The first-order valence-electron chi connectivity index (χ1n) is 9.72. The molecule has 0 saturated heterocycles. The molecule has 1 aromatic rings. The molecule has 0 bridgehead atoms. The third-order valence-corrected chi connectivity index (χ3v) is 6.30. The summed E-state index contributed by atoms with van der Waals surface area (Å²) in [6.45, 7) is 10.9. The van der Waals surface area contributed by atoms with Crippen molar-refractivity contribution in [2.45, 2.75) is 66.6 Å². The molecule has 0 N–H and O–H groups in total. The zero-order valence-electron chi connectivity index (χ0n) is 17.3. The Balaban J connectivity index is 2.10. The smallest absolute Gasteiger partial charge is 0.330 e. The molecule has 2 aliphatic carbocycles. The first kappa shape index (κ1) is 20.4. The van der Waals surface area contributed by atoms with Crippen LogP contribution in [0.25, 0.3) is 0 Å². The zero-order valence-corrected chi connectivity index (χ0v) is 17.3. The van der Waals surface area contributed by atoms with E-state index >= 15 is 0 Å². The molecule has 5 atom stereocenters. The number of carbonyl (C=O) groups is 3. The summed E-state index contributed by atoms with van der Waals surface area (Å²) >= 11 is 0. The summed E-state index contributed by atoms with van der Waals surface area (Å²) in [4.78, 5) is 37.6. The summed E-state index contributed by atoms with van der Waals surface area (Å²) in [5.41, 5.74) is 1.55. The molecule has 0 aliphatic heterocycles. The molecule has 152 valence electrons. The number of ketones is 1. The van der Waals surface area contributed by atoms with Crippen LogP contribution in [0.15, 0.2) is 22.3 Å². The van der Waals surface area contributed by atoms with Crippen molar-refractivity contribution in [2.75, 3.05) is 0 Å². The number of fused-ring (bicyclic) bond motifs is 2. The van der Waals surface area contributed by atoms with E-state index in [1.807, 2.05) is 27.7 Å². The summed E-state index contributed by atoms with van der Waals surface area (Å²) in [6.07, 6.45) is 3.08. The van der Waals surface area contributed by atoms with Gasteiger partial charge in [0.05, 0.1) is 12.2 Å². The number of carbonyl (C=O) groups excluding carboxylic acids is 3. The molecule has 2 aliphatic rings. The average molecular weight is 388 g/mol. The molecular weight excluding hydrogens is 360 g/mol. The lowest BCUT2D eigenvalue weighted by atomic mass is 9.53. The van der Waals surface area contributed by atoms with Crippen LogP contribution in [-0.4, -0.2) is 23.8 Å². The Morgan fingerprint density at radius 2 is 1.89 bits per heavy atom. The number of hydrogen-bond donors (Lipinski definition) is 0. The van der Waals surface area contributed by atoms with Crippen molar-refractivity contribution in [1.82, 2.24) is 0 Å². The lowest BCUT2D eigenvalue weighted by Gasteiger charge is -2.53. The van der Waals surface area contributed by atoms with Gasteiger partial charge in [0.1, 0.15) is 12.2 Å². The third-order valence-electron chi connectivity index (χ3n) is 6.30. The second-order valence-electron chi connectivity index (χ2n) is 8.53. The number of hydrogen-bond acceptors (Lipinski definition) is 6. The SMILES string of the molecule is CC(=O)OC1c2c(C)coc2C(=O)C2C(OC(=O)C=C(C)C)CCC(C)C12C. The van der Waals surface area contributed by atoms with Gasteiger partial charge in [-0.2, -0.15) is 0 Å². The second kappa shape index (κ2) is 7.22. The van der Waals surface area contributed by atoms with Crippen molar-refractivity contribution in [3.63, 3.8) is 0 Å². The van der Waals surface area contributed by atoms with Gasteiger partial charge in [0.2, 0.25) is 5.78 Å². The van der Waals surface area contributed by atoms with E-state index < -0.39 is 35.5 Å². The predicted molar refractivity (Wildman–Crippen MR) is 102 cm³/mol. The summed E-state index contributed by atoms with van der Waals surface area (Å²) < 4.78 is 17.0. The Morgan fingerprint density at radius 3 is 2.50 bits per heavy atom. The van der Waals surface area contributed by atoms with Gasteiger partial charge in [0, 0.05) is 24.0 Å². The van der Waals surface area contributed by atoms with Crippen molar-refractivity contribution in [3.8, 4) is 0 Å². The Labute approximate surface area is 165 Å². The van der Waals surface area contributed by atoms with Gasteiger partial charge in [-0.1, -0.05) is 19.4 Å². The summed E-state index contributed by atoms with van der Waals surface area (Å²) in [5, 5.41) is 0. The number of allylic oxidation sites excluding steroid dienone is 1. The molecular formula is C22H28O6. The minimum Gasteiger partial charge on any atom is -0.460 e. The van der Waals surface area contributed by atoms with Gasteiger partial charge in [0.25, 0.3) is 0 Å². The van der Waals surface area contributed by atoms with Crippen LogP contribution in [0, 0.1) is 24.2 Å². The highest BCUT2D eigenvalue weighted by molar-refractivity contribution is 6.00. The van der Waals surface area contributed by atoms with Gasteiger partial charge < -0.3 is 13.9 Å². The quantitative estimate of drug-likeness (QED) is 0.566. The van der Waals surface area contributed by atoms with E-state index in [4.69, 9.17) is 13.9 Å². The lowest BCUT2D eigenvalue weighted by Crippen LogP contribution is -2.56. The number of esters is 2. The van der Waals surface area contributed by atoms with E-state index in [0.29, 0.717) is 12.0 Å². The van der Waals surface area contributed by atoms with Crippen LogP contribution in [0.1, 0.15) is 75.2 Å². The molecule has 1 fully saturated rings. The topological polar surface area (TPSA) is 82.8 Å². The highest BCUT2D eigenvalue weighted by atomic mass is 16.6. The number of rotatable bonds is 3. The van der Waals surface area contributed by atoms with Crippen molar-refractivity contribution in [3.05, 3.63) is 34.8 Å². The Morgan fingerprint density at radius 1 is 1.21 bits per heavy atom. The Hall–Kier alpha value is -2.37. The molecule has 0 amide bonds. The van der Waals surface area contributed by atoms with Gasteiger partial charge in [-0.15, -0.1) is 0 Å². The fourth-order valence-corrected chi connectivity index (χ4v) is 4.79. The maximum absolute atomic E-state index is 13.4. The first-order valence-corrected chi connectivity index (χ1v) is 9.72. The third kappa shape index (κ3) is 3.19. The molecule has 0 spiro atoms. The van der Waals surface area contributed by atoms with E-state index in [1.54, 1.807) is 0 Å². The van der Waals surface area contributed by atoms with Crippen LogP contribution in [0.2, 0.25) is 0 Å².